The fraction of sp³-hybridized carbons (Fsp3) is 0.500. The van der Waals surface area contributed by atoms with E-state index in [-0.39, 0.29) is 17.7 Å². The molecule has 1 amide bonds. The Morgan fingerprint density at radius 2 is 1.88 bits per heavy atom. The van der Waals surface area contributed by atoms with Crippen LogP contribution in [0.2, 0.25) is 0 Å². The highest BCUT2D eigenvalue weighted by molar-refractivity contribution is 5.80. The van der Waals surface area contributed by atoms with Crippen molar-refractivity contribution in [2.45, 2.75) is 51.5 Å². The van der Waals surface area contributed by atoms with Crippen molar-refractivity contribution in [3.63, 3.8) is 0 Å². The normalized spacial score (nSPS) is 16.6. The molecule has 5 nitrogen and oxygen atoms in total. The molecule has 2 N–H and O–H groups in total. The van der Waals surface area contributed by atoms with Crippen LogP contribution in [0.1, 0.15) is 44.9 Å². The van der Waals surface area contributed by atoms with E-state index in [1.54, 1.807) is 0 Å². The van der Waals surface area contributed by atoms with Gasteiger partial charge in [-0.15, -0.1) is 0 Å². The Morgan fingerprint density at radius 3 is 2.64 bits per heavy atom. The van der Waals surface area contributed by atoms with E-state index in [0.29, 0.717) is 19.5 Å². The molecule has 0 atom stereocenters. The molecule has 0 unspecified atom stereocenters. The molecule has 0 bridgehead atoms. The maximum absolute atomic E-state index is 12.3. The lowest BCUT2D eigenvalue weighted by molar-refractivity contribution is -0.140. The molecule has 25 heavy (non-hydrogen) atoms. The van der Waals surface area contributed by atoms with Gasteiger partial charge >= 0.3 is 5.97 Å². The van der Waals surface area contributed by atoms with Gasteiger partial charge in [-0.25, -0.2) is 0 Å². The first-order chi connectivity index (χ1) is 12.1. The molecule has 0 radical (unpaired) electrons. The van der Waals surface area contributed by atoms with Crippen molar-refractivity contribution in [2.24, 2.45) is 5.41 Å². The number of carbonyl (C=O) groups is 2. The van der Waals surface area contributed by atoms with E-state index in [1.807, 2.05) is 18.3 Å². The summed E-state index contributed by atoms with van der Waals surface area (Å²) in [6, 6.07) is 10.2. The van der Waals surface area contributed by atoms with Crippen molar-refractivity contribution in [3.05, 3.63) is 36.5 Å². The summed E-state index contributed by atoms with van der Waals surface area (Å²) in [5, 5.41) is 13.4. The Labute approximate surface area is 148 Å². The summed E-state index contributed by atoms with van der Waals surface area (Å²) in [6.07, 6.45) is 7.61. The zero-order chi connectivity index (χ0) is 17.7. The average molecular weight is 342 g/mol. The van der Waals surface area contributed by atoms with Gasteiger partial charge in [0.2, 0.25) is 5.91 Å². The number of para-hydroxylation sites is 1. The number of carbonyl (C=O) groups excluding carboxylic acids is 1. The van der Waals surface area contributed by atoms with Gasteiger partial charge in [-0.3, -0.25) is 9.59 Å². The second kappa shape index (κ2) is 7.72. The van der Waals surface area contributed by atoms with Gasteiger partial charge in [0.05, 0.1) is 6.42 Å². The number of amides is 1. The van der Waals surface area contributed by atoms with Gasteiger partial charge in [-0.05, 0) is 35.8 Å². The Morgan fingerprint density at radius 1 is 1.12 bits per heavy atom. The minimum atomic E-state index is -0.769. The number of carboxylic acid groups (broad SMARTS) is 1. The van der Waals surface area contributed by atoms with E-state index in [0.717, 1.165) is 37.6 Å². The maximum atomic E-state index is 12.3. The number of hydrogen-bond donors (Lipinski definition) is 2. The van der Waals surface area contributed by atoms with E-state index in [4.69, 9.17) is 0 Å². The molecule has 2 aromatic rings. The zero-order valence-corrected chi connectivity index (χ0v) is 14.5. The lowest BCUT2D eigenvalue weighted by Gasteiger charge is -2.36. The summed E-state index contributed by atoms with van der Waals surface area (Å²) >= 11 is 0. The molecular weight excluding hydrogens is 316 g/mol. The van der Waals surface area contributed by atoms with Gasteiger partial charge in [0.15, 0.2) is 0 Å². The van der Waals surface area contributed by atoms with Crippen LogP contribution in [0.4, 0.5) is 0 Å². The van der Waals surface area contributed by atoms with Crippen molar-refractivity contribution in [1.82, 2.24) is 9.88 Å². The smallest absolute Gasteiger partial charge is 0.303 e. The van der Waals surface area contributed by atoms with Gasteiger partial charge in [-0.2, -0.15) is 0 Å². The van der Waals surface area contributed by atoms with Crippen LogP contribution in [0.25, 0.3) is 10.9 Å². The fourth-order valence-corrected chi connectivity index (χ4v) is 3.97. The number of carboxylic acids is 1. The first-order valence-corrected chi connectivity index (χ1v) is 9.10. The quantitative estimate of drug-likeness (QED) is 0.808. The summed E-state index contributed by atoms with van der Waals surface area (Å²) in [4.78, 5) is 23.5. The topological polar surface area (TPSA) is 71.3 Å². The molecule has 1 fully saturated rings. The molecule has 1 heterocycles. The number of aryl methyl sites for hydroxylation is 1. The van der Waals surface area contributed by atoms with Crippen molar-refractivity contribution < 1.29 is 14.7 Å². The first-order valence-electron chi connectivity index (χ1n) is 9.10. The van der Waals surface area contributed by atoms with E-state index in [1.165, 1.54) is 5.39 Å². The van der Waals surface area contributed by atoms with Gasteiger partial charge in [0, 0.05) is 31.2 Å². The third-order valence-corrected chi connectivity index (χ3v) is 5.36. The number of rotatable bonds is 7. The molecule has 0 saturated heterocycles. The van der Waals surface area contributed by atoms with Crippen molar-refractivity contribution in [1.29, 1.82) is 0 Å². The van der Waals surface area contributed by atoms with E-state index in [2.05, 4.69) is 28.1 Å². The molecule has 0 spiro atoms. The van der Waals surface area contributed by atoms with Crippen molar-refractivity contribution >= 4 is 22.8 Å². The van der Waals surface area contributed by atoms with Gasteiger partial charge in [-0.1, -0.05) is 37.5 Å². The van der Waals surface area contributed by atoms with Crippen LogP contribution in [0.3, 0.4) is 0 Å². The monoisotopic (exact) mass is 342 g/mol. The number of benzene rings is 1. The largest absolute Gasteiger partial charge is 0.481 e. The molecule has 0 aliphatic heterocycles. The number of hydrogen-bond acceptors (Lipinski definition) is 2. The third kappa shape index (κ3) is 4.41. The standard InChI is InChI=1S/C20H26N2O3/c23-18(9-13-22-12-8-16-6-2-3-7-17(16)22)21-15-20(14-19(24)25)10-4-1-5-11-20/h2-3,6-8,12H,1,4-5,9-11,13-15H2,(H,21,23)(H,24,25). The van der Waals surface area contributed by atoms with Crippen LogP contribution >= 0.6 is 0 Å². The molecule has 3 rings (SSSR count). The minimum absolute atomic E-state index is 0.00637. The highest BCUT2D eigenvalue weighted by atomic mass is 16.4. The summed E-state index contributed by atoms with van der Waals surface area (Å²) in [5.41, 5.74) is 0.866. The lowest BCUT2D eigenvalue weighted by atomic mass is 9.71. The Kier molecular flexibility index (Phi) is 5.41. The third-order valence-electron chi connectivity index (χ3n) is 5.36. The molecule has 1 aliphatic carbocycles. The van der Waals surface area contributed by atoms with Crippen LogP contribution in [-0.2, 0) is 16.1 Å². The number of nitrogens with one attached hydrogen (secondary N) is 1. The second-order valence-corrected chi connectivity index (χ2v) is 7.23. The average Bonchev–Trinajstić information content (AvgIpc) is 3.02. The number of aliphatic carboxylic acids is 1. The summed E-state index contributed by atoms with van der Waals surface area (Å²) in [7, 11) is 0. The van der Waals surface area contributed by atoms with Crippen LogP contribution in [0.5, 0.6) is 0 Å². The van der Waals surface area contributed by atoms with Gasteiger partial charge in [0.1, 0.15) is 0 Å². The SMILES string of the molecule is O=C(O)CC1(CNC(=O)CCn2ccc3ccccc32)CCCCC1. The van der Waals surface area contributed by atoms with E-state index >= 15 is 0 Å². The van der Waals surface area contributed by atoms with E-state index in [9.17, 15) is 14.7 Å². The molecule has 1 aromatic heterocycles. The van der Waals surface area contributed by atoms with Crippen LogP contribution in [0, 0.1) is 5.41 Å². The van der Waals surface area contributed by atoms with E-state index < -0.39 is 5.97 Å². The lowest BCUT2D eigenvalue weighted by Crippen LogP contribution is -2.40. The molecule has 1 aromatic carbocycles. The summed E-state index contributed by atoms with van der Waals surface area (Å²) < 4.78 is 2.09. The zero-order valence-electron chi connectivity index (χ0n) is 14.5. The number of fused-ring (bicyclic) bond motifs is 1. The molecule has 1 saturated carbocycles. The maximum Gasteiger partial charge on any atom is 0.303 e. The van der Waals surface area contributed by atoms with Gasteiger partial charge in [0.25, 0.3) is 0 Å². The Bertz CT molecular complexity index is 744. The minimum Gasteiger partial charge on any atom is -0.481 e. The molecule has 1 aliphatic rings. The highest BCUT2D eigenvalue weighted by Crippen LogP contribution is 2.38. The Balaban J connectivity index is 1.54. The van der Waals surface area contributed by atoms with Crippen LogP contribution in [0.15, 0.2) is 36.5 Å². The highest BCUT2D eigenvalue weighted by Gasteiger charge is 2.34. The van der Waals surface area contributed by atoms with Crippen LogP contribution in [-0.4, -0.2) is 28.1 Å². The fourth-order valence-electron chi connectivity index (χ4n) is 3.97. The molecular formula is C20H26N2O3. The summed E-state index contributed by atoms with van der Waals surface area (Å²) in [6.45, 7) is 1.11. The molecule has 5 heteroatoms. The van der Waals surface area contributed by atoms with Crippen LogP contribution < -0.4 is 5.32 Å². The molecule has 134 valence electrons. The summed E-state index contributed by atoms with van der Waals surface area (Å²) in [5.74, 6) is -0.775. The van der Waals surface area contributed by atoms with Gasteiger partial charge < -0.3 is 15.0 Å². The second-order valence-electron chi connectivity index (χ2n) is 7.23. The van der Waals surface area contributed by atoms with Crippen molar-refractivity contribution in [3.8, 4) is 0 Å². The Hall–Kier alpha value is -2.30. The number of aromatic nitrogens is 1. The first kappa shape index (κ1) is 17.5. The predicted octanol–water partition coefficient (Wildman–Crippen LogP) is 3.57. The number of nitrogens with zero attached hydrogens (tertiary/aromatic N) is 1. The predicted molar refractivity (Wildman–Crippen MR) is 97.3 cm³/mol. The van der Waals surface area contributed by atoms with Crippen molar-refractivity contribution in [2.75, 3.05) is 6.54 Å².